The lowest BCUT2D eigenvalue weighted by molar-refractivity contribution is 0.0636. The highest BCUT2D eigenvalue weighted by Gasteiger charge is 2.27. The number of hydrogen-bond donors (Lipinski definition) is 2. The maximum Gasteiger partial charge on any atom is 0.412 e. The summed E-state index contributed by atoms with van der Waals surface area (Å²) in [4.78, 5) is 19.5. The number of carbonyl (C=O) groups excluding carboxylic acids is 1. The molecule has 2 fully saturated rings. The molecule has 2 heterocycles. The molecule has 0 aliphatic carbocycles. The number of carbonyl (C=O) groups is 1. The number of hydrogen-bond acceptors (Lipinski definition) is 6. The Bertz CT molecular complexity index is 672. The summed E-state index contributed by atoms with van der Waals surface area (Å²) in [6.45, 7) is 12.1. The third-order valence-corrected chi connectivity index (χ3v) is 5.56. The fraction of sp³-hybridized carbons (Fsp3) is 0.667. The summed E-state index contributed by atoms with van der Waals surface area (Å²) < 4.78 is 5.34. The Morgan fingerprint density at radius 3 is 2.36 bits per heavy atom. The summed E-state index contributed by atoms with van der Waals surface area (Å²) in [7, 11) is 2.21. The molecule has 0 bridgehead atoms. The Hall–Kier alpha value is -1.99. The van der Waals surface area contributed by atoms with E-state index in [0.29, 0.717) is 17.4 Å². The van der Waals surface area contributed by atoms with Crippen molar-refractivity contribution in [2.75, 3.05) is 62.3 Å². The van der Waals surface area contributed by atoms with Gasteiger partial charge in [-0.15, -0.1) is 0 Å². The number of nitrogens with one attached hydrogen (secondary N) is 1. The van der Waals surface area contributed by atoms with Crippen LogP contribution in [0.5, 0.6) is 0 Å². The van der Waals surface area contributed by atoms with Crippen LogP contribution in [0.1, 0.15) is 33.6 Å². The number of benzene rings is 1. The molecule has 3 N–H and O–H groups in total. The van der Waals surface area contributed by atoms with Gasteiger partial charge in [0.2, 0.25) is 0 Å². The Balaban J connectivity index is 1.58. The molecule has 3 rings (SSSR count). The fourth-order valence-corrected chi connectivity index (χ4v) is 3.97. The van der Waals surface area contributed by atoms with Crippen molar-refractivity contribution in [2.45, 2.75) is 45.3 Å². The maximum atomic E-state index is 12.1. The van der Waals surface area contributed by atoms with E-state index in [9.17, 15) is 4.79 Å². The highest BCUT2D eigenvalue weighted by molar-refractivity contribution is 5.90. The minimum absolute atomic E-state index is 0.483. The van der Waals surface area contributed by atoms with Gasteiger partial charge in [0.05, 0.1) is 11.4 Å². The maximum absolute atomic E-state index is 12.1. The molecule has 1 aromatic carbocycles. The molecule has 1 aromatic rings. The summed E-state index contributed by atoms with van der Waals surface area (Å²) in [6.07, 6.45) is 2.05. The minimum Gasteiger partial charge on any atom is -0.444 e. The highest BCUT2D eigenvalue weighted by Crippen LogP contribution is 2.28. The Kier molecular flexibility index (Phi) is 6.35. The molecule has 2 saturated heterocycles. The summed E-state index contributed by atoms with van der Waals surface area (Å²) in [5, 5.41) is 2.78. The lowest BCUT2D eigenvalue weighted by Crippen LogP contribution is -2.53. The van der Waals surface area contributed by atoms with Gasteiger partial charge in [-0.2, -0.15) is 0 Å². The standard InChI is InChI=1S/C21H35N5O2/c1-21(2,3)28-20(27)23-19-15-17(5-6-18(19)22)26-13-11-25(12-14-26)16-7-9-24(4)10-8-16/h5-6,15-16H,7-14,22H2,1-4H3,(H,23,27). The zero-order valence-corrected chi connectivity index (χ0v) is 17.7. The number of likely N-dealkylation sites (tertiary alicyclic amines) is 1. The van der Waals surface area contributed by atoms with E-state index in [-0.39, 0.29) is 0 Å². The molecular formula is C21H35N5O2. The van der Waals surface area contributed by atoms with Crippen molar-refractivity contribution in [3.05, 3.63) is 18.2 Å². The molecule has 0 aromatic heterocycles. The third kappa shape index (κ3) is 5.52. The Labute approximate surface area is 168 Å². The summed E-state index contributed by atoms with van der Waals surface area (Å²) >= 11 is 0. The van der Waals surface area contributed by atoms with Crippen LogP contribution in [-0.4, -0.2) is 73.9 Å². The molecule has 1 amide bonds. The molecule has 0 saturated carbocycles. The predicted molar refractivity (Wildman–Crippen MR) is 115 cm³/mol. The number of anilines is 3. The number of rotatable bonds is 3. The van der Waals surface area contributed by atoms with E-state index in [1.54, 1.807) is 0 Å². The predicted octanol–water partition coefficient (Wildman–Crippen LogP) is 2.83. The average molecular weight is 390 g/mol. The van der Waals surface area contributed by atoms with Crippen LogP contribution >= 0.6 is 0 Å². The first-order valence-corrected chi connectivity index (χ1v) is 10.3. The van der Waals surface area contributed by atoms with Crippen molar-refractivity contribution in [2.24, 2.45) is 0 Å². The minimum atomic E-state index is -0.541. The van der Waals surface area contributed by atoms with Gasteiger partial charge in [-0.1, -0.05) is 0 Å². The van der Waals surface area contributed by atoms with Crippen LogP contribution in [0, 0.1) is 0 Å². The number of piperidine rings is 1. The van der Waals surface area contributed by atoms with E-state index in [4.69, 9.17) is 10.5 Å². The van der Waals surface area contributed by atoms with Gasteiger partial charge in [0.15, 0.2) is 0 Å². The molecule has 156 valence electrons. The SMILES string of the molecule is CN1CCC(N2CCN(c3ccc(N)c(NC(=O)OC(C)(C)C)c3)CC2)CC1. The van der Waals surface area contributed by atoms with Gasteiger partial charge >= 0.3 is 6.09 Å². The molecular weight excluding hydrogens is 354 g/mol. The number of nitrogens with zero attached hydrogens (tertiary/aromatic N) is 3. The monoisotopic (exact) mass is 389 g/mol. The molecule has 0 spiro atoms. The second-order valence-corrected chi connectivity index (χ2v) is 8.96. The normalized spacial score (nSPS) is 20.2. The molecule has 7 heteroatoms. The van der Waals surface area contributed by atoms with Gasteiger partial charge in [0.1, 0.15) is 5.60 Å². The van der Waals surface area contributed by atoms with Crippen molar-refractivity contribution in [3.63, 3.8) is 0 Å². The van der Waals surface area contributed by atoms with Crippen molar-refractivity contribution >= 4 is 23.2 Å². The van der Waals surface area contributed by atoms with Gasteiger partial charge in [-0.25, -0.2) is 4.79 Å². The van der Waals surface area contributed by atoms with E-state index in [0.717, 1.165) is 31.9 Å². The van der Waals surface area contributed by atoms with E-state index in [1.165, 1.54) is 25.9 Å². The molecule has 2 aliphatic heterocycles. The summed E-state index contributed by atoms with van der Waals surface area (Å²) in [6, 6.07) is 6.55. The number of nitrogens with two attached hydrogens (primary N) is 1. The first-order chi connectivity index (χ1) is 13.2. The lowest BCUT2D eigenvalue weighted by atomic mass is 10.0. The van der Waals surface area contributed by atoms with Crippen LogP contribution in [0.25, 0.3) is 0 Å². The number of ether oxygens (including phenoxy) is 1. The number of nitrogen functional groups attached to an aromatic ring is 1. The highest BCUT2D eigenvalue weighted by atomic mass is 16.6. The van der Waals surface area contributed by atoms with Crippen LogP contribution in [0.2, 0.25) is 0 Å². The zero-order chi connectivity index (χ0) is 20.3. The first-order valence-electron chi connectivity index (χ1n) is 10.3. The Morgan fingerprint density at radius 1 is 1.11 bits per heavy atom. The van der Waals surface area contributed by atoms with Crippen LogP contribution in [-0.2, 0) is 4.74 Å². The summed E-state index contributed by atoms with van der Waals surface area (Å²) in [5.74, 6) is 0. The van der Waals surface area contributed by atoms with E-state index < -0.39 is 11.7 Å². The van der Waals surface area contributed by atoms with Crippen LogP contribution < -0.4 is 16.0 Å². The van der Waals surface area contributed by atoms with Gasteiger partial charge in [-0.3, -0.25) is 10.2 Å². The van der Waals surface area contributed by atoms with Gasteiger partial charge in [0.25, 0.3) is 0 Å². The lowest BCUT2D eigenvalue weighted by Gasteiger charge is -2.43. The largest absolute Gasteiger partial charge is 0.444 e. The first kappa shape index (κ1) is 20.7. The van der Waals surface area contributed by atoms with Crippen LogP contribution in [0.15, 0.2) is 18.2 Å². The van der Waals surface area contributed by atoms with Gasteiger partial charge < -0.3 is 20.3 Å². The smallest absolute Gasteiger partial charge is 0.412 e. The fourth-order valence-electron chi connectivity index (χ4n) is 3.97. The van der Waals surface area contributed by atoms with Crippen molar-refractivity contribution in [1.29, 1.82) is 0 Å². The molecule has 2 aliphatic rings. The third-order valence-electron chi connectivity index (χ3n) is 5.56. The van der Waals surface area contributed by atoms with Gasteiger partial charge in [0, 0.05) is 37.9 Å². The second kappa shape index (κ2) is 8.57. The molecule has 0 atom stereocenters. The number of amides is 1. The van der Waals surface area contributed by atoms with Crippen LogP contribution in [0.3, 0.4) is 0 Å². The van der Waals surface area contributed by atoms with Crippen molar-refractivity contribution < 1.29 is 9.53 Å². The molecule has 0 unspecified atom stereocenters. The molecule has 0 radical (unpaired) electrons. The quantitative estimate of drug-likeness (QED) is 0.775. The Morgan fingerprint density at radius 2 is 1.75 bits per heavy atom. The average Bonchev–Trinajstić information content (AvgIpc) is 2.63. The molecule has 7 nitrogen and oxygen atoms in total. The van der Waals surface area contributed by atoms with Crippen LogP contribution in [0.4, 0.5) is 21.9 Å². The summed E-state index contributed by atoms with van der Waals surface area (Å²) in [5.41, 5.74) is 7.75. The van der Waals surface area contributed by atoms with E-state index >= 15 is 0 Å². The van der Waals surface area contributed by atoms with E-state index in [1.807, 2.05) is 39.0 Å². The van der Waals surface area contributed by atoms with Crippen molar-refractivity contribution in [3.8, 4) is 0 Å². The number of piperazine rings is 1. The second-order valence-electron chi connectivity index (χ2n) is 8.96. The van der Waals surface area contributed by atoms with Crippen molar-refractivity contribution in [1.82, 2.24) is 9.80 Å². The topological polar surface area (TPSA) is 74.1 Å². The van der Waals surface area contributed by atoms with E-state index in [2.05, 4.69) is 27.1 Å². The van der Waals surface area contributed by atoms with Gasteiger partial charge in [-0.05, 0) is 71.9 Å². The zero-order valence-electron chi connectivity index (χ0n) is 17.7. The molecule has 28 heavy (non-hydrogen) atoms.